The van der Waals surface area contributed by atoms with E-state index in [2.05, 4.69) is 5.32 Å². The maximum Gasteiger partial charge on any atom is 0.270 e. The fourth-order valence-corrected chi connectivity index (χ4v) is 2.26. The van der Waals surface area contributed by atoms with Crippen molar-refractivity contribution in [2.75, 3.05) is 5.32 Å². The molecule has 0 spiro atoms. The second-order valence-electron chi connectivity index (χ2n) is 4.97. The average Bonchev–Trinajstić information content (AvgIpc) is 2.58. The van der Waals surface area contributed by atoms with Gasteiger partial charge < -0.3 is 10.1 Å². The minimum absolute atomic E-state index is 0.0327. The van der Waals surface area contributed by atoms with Gasteiger partial charge in [0.2, 0.25) is 0 Å². The van der Waals surface area contributed by atoms with Gasteiger partial charge in [-0.05, 0) is 31.2 Å². The summed E-state index contributed by atoms with van der Waals surface area (Å²) in [4.78, 5) is 33.4. The number of nitro benzene ring substituents is 1. The van der Waals surface area contributed by atoms with Gasteiger partial charge in [0.05, 0.1) is 21.2 Å². The van der Waals surface area contributed by atoms with E-state index in [1.165, 1.54) is 31.2 Å². The Morgan fingerprint density at radius 2 is 2.00 bits per heavy atom. The summed E-state index contributed by atoms with van der Waals surface area (Å²) in [6.07, 6.45) is -0.573. The molecule has 1 N–H and O–H groups in total. The van der Waals surface area contributed by atoms with E-state index in [4.69, 9.17) is 27.9 Å². The number of hydrogen-bond acceptors (Lipinski definition) is 5. The molecule has 0 aromatic heterocycles. The monoisotopic (exact) mass is 382 g/mol. The van der Waals surface area contributed by atoms with Crippen molar-refractivity contribution in [2.45, 2.75) is 13.0 Å². The van der Waals surface area contributed by atoms with E-state index in [0.717, 1.165) is 6.07 Å². The molecule has 2 rings (SSSR count). The third-order valence-electron chi connectivity index (χ3n) is 3.19. The average molecular weight is 383 g/mol. The number of aldehydes is 1. The molecule has 2 aromatic rings. The van der Waals surface area contributed by atoms with Crippen LogP contribution < -0.4 is 10.1 Å². The highest BCUT2D eigenvalue weighted by molar-refractivity contribution is 6.35. The number of anilines is 1. The Kier molecular flexibility index (Phi) is 5.95. The number of carbonyl (C=O) groups is 2. The number of non-ortho nitro benzene ring substituents is 1. The number of carbonyl (C=O) groups excluding carboxylic acids is 2. The van der Waals surface area contributed by atoms with Crippen LogP contribution in [0.15, 0.2) is 36.4 Å². The van der Waals surface area contributed by atoms with Crippen molar-refractivity contribution in [1.82, 2.24) is 0 Å². The van der Waals surface area contributed by atoms with Gasteiger partial charge in [0.15, 0.2) is 12.4 Å². The van der Waals surface area contributed by atoms with Gasteiger partial charge >= 0.3 is 0 Å². The topological polar surface area (TPSA) is 98.5 Å². The zero-order valence-electron chi connectivity index (χ0n) is 12.9. The normalized spacial score (nSPS) is 11.5. The molecule has 0 aliphatic heterocycles. The summed E-state index contributed by atoms with van der Waals surface area (Å²) >= 11 is 11.8. The van der Waals surface area contributed by atoms with Crippen LogP contribution in [0.2, 0.25) is 10.0 Å². The zero-order valence-corrected chi connectivity index (χ0v) is 14.4. The molecule has 0 aliphatic carbocycles. The Morgan fingerprint density at radius 1 is 1.28 bits per heavy atom. The lowest BCUT2D eigenvalue weighted by molar-refractivity contribution is -0.384. The molecule has 130 valence electrons. The van der Waals surface area contributed by atoms with Crippen molar-refractivity contribution in [1.29, 1.82) is 0 Å². The molecule has 25 heavy (non-hydrogen) atoms. The first kappa shape index (κ1) is 18.7. The van der Waals surface area contributed by atoms with Crippen molar-refractivity contribution in [3.05, 3.63) is 62.1 Å². The lowest BCUT2D eigenvalue weighted by atomic mass is 10.2. The minimum atomic E-state index is -0.991. The SMILES string of the molecule is C[C@@H](Oc1ccc([N+](=O)[O-])cc1C=O)C(=O)Nc1cc(Cl)ccc1Cl. The van der Waals surface area contributed by atoms with Gasteiger partial charge in [-0.15, -0.1) is 0 Å². The fraction of sp³-hybridized carbons (Fsp3) is 0.125. The summed E-state index contributed by atoms with van der Waals surface area (Å²) < 4.78 is 5.43. The molecule has 0 aliphatic rings. The molecule has 2 aromatic carbocycles. The van der Waals surface area contributed by atoms with Crippen molar-refractivity contribution >= 4 is 46.8 Å². The predicted octanol–water partition coefficient (Wildman–Crippen LogP) is 4.12. The third-order valence-corrected chi connectivity index (χ3v) is 3.76. The molecule has 0 bridgehead atoms. The number of hydrogen-bond donors (Lipinski definition) is 1. The molecule has 0 saturated carbocycles. The summed E-state index contributed by atoms with van der Waals surface area (Å²) in [7, 11) is 0. The number of halogens is 2. The number of rotatable bonds is 6. The molecular weight excluding hydrogens is 371 g/mol. The van der Waals surface area contributed by atoms with Crippen LogP contribution in [0.3, 0.4) is 0 Å². The number of benzene rings is 2. The van der Waals surface area contributed by atoms with Crippen molar-refractivity contribution in [3.63, 3.8) is 0 Å². The predicted molar refractivity (Wildman–Crippen MR) is 93.7 cm³/mol. The molecular formula is C16H12Cl2N2O5. The maximum absolute atomic E-state index is 12.2. The molecule has 1 atom stereocenters. The number of ether oxygens (including phenoxy) is 1. The lowest BCUT2D eigenvalue weighted by Gasteiger charge is -2.16. The first-order valence-corrected chi connectivity index (χ1v) is 7.73. The Labute approximate surface area is 152 Å². The highest BCUT2D eigenvalue weighted by Crippen LogP contribution is 2.27. The van der Waals surface area contributed by atoms with Crippen LogP contribution in [0.5, 0.6) is 5.75 Å². The Hall–Kier alpha value is -2.64. The maximum atomic E-state index is 12.2. The molecule has 1 amide bonds. The lowest BCUT2D eigenvalue weighted by Crippen LogP contribution is -2.30. The summed E-state index contributed by atoms with van der Waals surface area (Å²) in [5.74, 6) is -0.472. The number of amides is 1. The summed E-state index contributed by atoms with van der Waals surface area (Å²) in [6, 6.07) is 8.11. The van der Waals surface area contributed by atoms with Gasteiger partial charge in [-0.1, -0.05) is 23.2 Å². The molecule has 0 saturated heterocycles. The molecule has 7 nitrogen and oxygen atoms in total. The second kappa shape index (κ2) is 7.96. The van der Waals surface area contributed by atoms with Gasteiger partial charge in [0.25, 0.3) is 11.6 Å². The highest BCUT2D eigenvalue weighted by atomic mass is 35.5. The first-order valence-electron chi connectivity index (χ1n) is 6.98. The summed E-state index contributed by atoms with van der Waals surface area (Å²) in [6.45, 7) is 1.46. The minimum Gasteiger partial charge on any atom is -0.480 e. The van der Waals surface area contributed by atoms with Crippen LogP contribution in [0.1, 0.15) is 17.3 Å². The molecule has 0 heterocycles. The van der Waals surface area contributed by atoms with Crippen LogP contribution in [0.25, 0.3) is 0 Å². The van der Waals surface area contributed by atoms with Crippen molar-refractivity contribution < 1.29 is 19.2 Å². The summed E-state index contributed by atoms with van der Waals surface area (Å²) in [5, 5.41) is 14.0. The van der Waals surface area contributed by atoms with E-state index in [1.54, 1.807) is 6.07 Å². The second-order valence-corrected chi connectivity index (χ2v) is 5.81. The van der Waals surface area contributed by atoms with E-state index in [0.29, 0.717) is 22.0 Å². The van der Waals surface area contributed by atoms with Crippen molar-refractivity contribution in [2.24, 2.45) is 0 Å². The van der Waals surface area contributed by atoms with E-state index >= 15 is 0 Å². The molecule has 0 unspecified atom stereocenters. The number of nitrogens with zero attached hydrogens (tertiary/aromatic N) is 1. The Bertz CT molecular complexity index is 841. The van der Waals surface area contributed by atoms with Gasteiger partial charge in [0, 0.05) is 17.2 Å². The first-order chi connectivity index (χ1) is 11.8. The smallest absolute Gasteiger partial charge is 0.270 e. The highest BCUT2D eigenvalue weighted by Gasteiger charge is 2.19. The molecule has 0 radical (unpaired) electrons. The Morgan fingerprint density at radius 3 is 2.64 bits per heavy atom. The third kappa shape index (κ3) is 4.68. The van der Waals surface area contributed by atoms with Gasteiger partial charge in [-0.25, -0.2) is 0 Å². The largest absolute Gasteiger partial charge is 0.480 e. The van der Waals surface area contributed by atoms with E-state index in [-0.39, 0.29) is 17.0 Å². The van der Waals surface area contributed by atoms with E-state index in [9.17, 15) is 19.7 Å². The van der Waals surface area contributed by atoms with Gasteiger partial charge in [0.1, 0.15) is 5.75 Å². The Balaban J connectivity index is 2.14. The van der Waals surface area contributed by atoms with E-state index in [1.807, 2.05) is 0 Å². The molecule has 9 heteroatoms. The zero-order chi connectivity index (χ0) is 18.6. The number of nitro groups is 1. The number of nitrogens with one attached hydrogen (secondary N) is 1. The van der Waals surface area contributed by atoms with Crippen LogP contribution in [-0.4, -0.2) is 23.2 Å². The standard InChI is InChI=1S/C16H12Cl2N2O5/c1-9(16(22)19-14-7-11(17)2-4-13(14)18)25-15-5-3-12(20(23)24)6-10(15)8-21/h2-9H,1H3,(H,19,22)/t9-/m1/s1. The van der Waals surface area contributed by atoms with Crippen LogP contribution >= 0.6 is 23.2 Å². The van der Waals surface area contributed by atoms with Gasteiger partial charge in [-0.2, -0.15) is 0 Å². The quantitative estimate of drug-likeness (QED) is 0.460. The van der Waals surface area contributed by atoms with Crippen LogP contribution in [0.4, 0.5) is 11.4 Å². The van der Waals surface area contributed by atoms with Crippen LogP contribution in [-0.2, 0) is 4.79 Å². The summed E-state index contributed by atoms with van der Waals surface area (Å²) in [5.41, 5.74) is 0.0285. The van der Waals surface area contributed by atoms with Crippen LogP contribution in [0, 0.1) is 10.1 Å². The fourth-order valence-electron chi connectivity index (χ4n) is 1.92. The van der Waals surface area contributed by atoms with E-state index < -0.39 is 16.9 Å². The molecule has 0 fully saturated rings. The van der Waals surface area contributed by atoms with Gasteiger partial charge in [-0.3, -0.25) is 19.7 Å². The van der Waals surface area contributed by atoms with Crippen molar-refractivity contribution in [3.8, 4) is 5.75 Å².